The molecule has 0 saturated carbocycles. The molecule has 3 heteroatoms. The van der Waals surface area contributed by atoms with Crippen LogP contribution in [-0.2, 0) is 6.54 Å². The van der Waals surface area contributed by atoms with Crippen LogP contribution in [0.5, 0.6) is 0 Å². The van der Waals surface area contributed by atoms with Gasteiger partial charge in [0, 0.05) is 11.6 Å². The Bertz CT molecular complexity index is 403. The molecule has 0 atom stereocenters. The third-order valence-corrected chi connectivity index (χ3v) is 3.26. The second-order valence-electron chi connectivity index (χ2n) is 5.46. The van der Waals surface area contributed by atoms with E-state index in [4.69, 9.17) is 16.9 Å². The summed E-state index contributed by atoms with van der Waals surface area (Å²) in [4.78, 5) is 2.27. The molecule has 1 rings (SSSR count). The number of benzene rings is 1. The van der Waals surface area contributed by atoms with Crippen molar-refractivity contribution in [2.45, 2.75) is 33.2 Å². The summed E-state index contributed by atoms with van der Waals surface area (Å²) >= 11 is 5.85. The summed E-state index contributed by atoms with van der Waals surface area (Å²) in [5.74, 6) is 0. The van der Waals surface area contributed by atoms with Crippen LogP contribution >= 0.6 is 11.6 Å². The predicted octanol–water partition coefficient (Wildman–Crippen LogP) is 4.10. The quantitative estimate of drug-likeness (QED) is 0.773. The fraction of sp³-hybridized carbons (Fsp3) is 0.533. The average Bonchev–Trinajstić information content (AvgIpc) is 2.32. The maximum Gasteiger partial charge on any atom is 0.0683 e. The highest BCUT2D eigenvalue weighted by molar-refractivity contribution is 6.30. The van der Waals surface area contributed by atoms with E-state index in [1.165, 1.54) is 5.56 Å². The van der Waals surface area contributed by atoms with Gasteiger partial charge in [0.15, 0.2) is 0 Å². The molecule has 98 valence electrons. The van der Waals surface area contributed by atoms with Gasteiger partial charge in [0.2, 0.25) is 0 Å². The van der Waals surface area contributed by atoms with Gasteiger partial charge in [-0.05, 0) is 58.0 Å². The number of hydrogen-bond donors (Lipinski definition) is 0. The van der Waals surface area contributed by atoms with E-state index in [0.29, 0.717) is 0 Å². The highest BCUT2D eigenvalue weighted by Gasteiger charge is 2.15. The average molecular weight is 265 g/mol. The van der Waals surface area contributed by atoms with Crippen LogP contribution in [0.25, 0.3) is 0 Å². The first-order valence-corrected chi connectivity index (χ1v) is 6.65. The summed E-state index contributed by atoms with van der Waals surface area (Å²) in [7, 11) is 2.11. The van der Waals surface area contributed by atoms with Crippen molar-refractivity contribution < 1.29 is 0 Å². The molecular formula is C15H21ClN2. The minimum absolute atomic E-state index is 0.207. The molecule has 1 aromatic carbocycles. The summed E-state index contributed by atoms with van der Waals surface area (Å²) in [6.07, 6.45) is 1.99. The smallest absolute Gasteiger partial charge is 0.0683 e. The Morgan fingerprint density at radius 2 is 1.89 bits per heavy atom. The molecule has 0 fully saturated rings. The van der Waals surface area contributed by atoms with Crippen molar-refractivity contribution >= 4 is 11.6 Å². The summed E-state index contributed by atoms with van der Waals surface area (Å²) in [6.45, 7) is 5.91. The van der Waals surface area contributed by atoms with Gasteiger partial charge in [0.25, 0.3) is 0 Å². The van der Waals surface area contributed by atoms with Crippen LogP contribution in [0, 0.1) is 16.7 Å². The lowest BCUT2D eigenvalue weighted by Crippen LogP contribution is -2.20. The predicted molar refractivity (Wildman–Crippen MR) is 76.4 cm³/mol. The largest absolute Gasteiger partial charge is 0.302 e. The molecule has 0 amide bonds. The number of rotatable bonds is 6. The Labute approximate surface area is 115 Å². The lowest BCUT2D eigenvalue weighted by atomic mass is 9.90. The number of halogens is 1. The van der Waals surface area contributed by atoms with E-state index >= 15 is 0 Å². The summed E-state index contributed by atoms with van der Waals surface area (Å²) < 4.78 is 0. The molecule has 18 heavy (non-hydrogen) atoms. The minimum Gasteiger partial charge on any atom is -0.302 e. The zero-order chi connectivity index (χ0) is 13.6. The van der Waals surface area contributed by atoms with E-state index in [0.717, 1.165) is 31.0 Å². The summed E-state index contributed by atoms with van der Waals surface area (Å²) in [5.41, 5.74) is 1.06. The second kappa shape index (κ2) is 6.78. The molecule has 0 bridgehead atoms. The fourth-order valence-corrected chi connectivity index (χ4v) is 1.95. The SMILES string of the molecule is CN(CCCC(C)(C)C#N)Cc1ccc(Cl)cc1. The molecule has 2 nitrogen and oxygen atoms in total. The van der Waals surface area contributed by atoms with Crippen molar-refractivity contribution in [1.82, 2.24) is 4.90 Å². The lowest BCUT2D eigenvalue weighted by molar-refractivity contribution is 0.298. The summed E-state index contributed by atoms with van der Waals surface area (Å²) in [6, 6.07) is 10.3. The van der Waals surface area contributed by atoms with E-state index < -0.39 is 0 Å². The molecular weight excluding hydrogens is 244 g/mol. The molecule has 0 aromatic heterocycles. The Morgan fingerprint density at radius 3 is 2.44 bits per heavy atom. The van der Waals surface area contributed by atoms with Gasteiger partial charge < -0.3 is 4.90 Å². The fourth-order valence-electron chi connectivity index (χ4n) is 1.83. The second-order valence-corrected chi connectivity index (χ2v) is 5.90. The third kappa shape index (κ3) is 5.53. The molecule has 0 N–H and O–H groups in total. The molecule has 0 heterocycles. The van der Waals surface area contributed by atoms with Crippen LogP contribution in [0.3, 0.4) is 0 Å². The van der Waals surface area contributed by atoms with Gasteiger partial charge in [-0.25, -0.2) is 0 Å². The Hall–Kier alpha value is -1.04. The van der Waals surface area contributed by atoms with Gasteiger partial charge in [-0.1, -0.05) is 23.7 Å². The van der Waals surface area contributed by atoms with Crippen molar-refractivity contribution in [1.29, 1.82) is 5.26 Å². The number of nitriles is 1. The molecule has 0 radical (unpaired) electrons. The van der Waals surface area contributed by atoms with Crippen molar-refractivity contribution in [2.75, 3.05) is 13.6 Å². The monoisotopic (exact) mass is 264 g/mol. The Morgan fingerprint density at radius 1 is 1.28 bits per heavy atom. The number of nitrogens with zero attached hydrogens (tertiary/aromatic N) is 2. The van der Waals surface area contributed by atoms with Gasteiger partial charge in [0.1, 0.15) is 0 Å². The van der Waals surface area contributed by atoms with Crippen LogP contribution in [0.4, 0.5) is 0 Å². The number of hydrogen-bond acceptors (Lipinski definition) is 2. The van der Waals surface area contributed by atoms with Gasteiger partial charge in [0.05, 0.1) is 11.5 Å². The molecule has 0 spiro atoms. The van der Waals surface area contributed by atoms with E-state index in [1.807, 2.05) is 26.0 Å². The van der Waals surface area contributed by atoms with E-state index in [9.17, 15) is 0 Å². The van der Waals surface area contributed by atoms with E-state index in [1.54, 1.807) is 0 Å². The maximum atomic E-state index is 8.94. The van der Waals surface area contributed by atoms with Crippen molar-refractivity contribution in [3.8, 4) is 6.07 Å². The van der Waals surface area contributed by atoms with Crippen molar-refractivity contribution in [3.63, 3.8) is 0 Å². The standard InChI is InChI=1S/C15H21ClN2/c1-15(2,12-17)9-4-10-18(3)11-13-5-7-14(16)8-6-13/h5-8H,4,9-11H2,1-3H3. The van der Waals surface area contributed by atoms with Gasteiger partial charge in [-0.15, -0.1) is 0 Å². The first-order valence-electron chi connectivity index (χ1n) is 6.27. The van der Waals surface area contributed by atoms with E-state index in [-0.39, 0.29) is 5.41 Å². The summed E-state index contributed by atoms with van der Waals surface area (Å²) in [5, 5.41) is 9.72. The molecule has 0 saturated heterocycles. The van der Waals surface area contributed by atoms with Gasteiger partial charge in [-0.2, -0.15) is 5.26 Å². The highest BCUT2D eigenvalue weighted by Crippen LogP contribution is 2.20. The molecule has 0 aliphatic carbocycles. The highest BCUT2D eigenvalue weighted by atomic mass is 35.5. The van der Waals surface area contributed by atoms with Gasteiger partial charge in [-0.3, -0.25) is 0 Å². The third-order valence-electron chi connectivity index (χ3n) is 3.01. The topological polar surface area (TPSA) is 27.0 Å². The van der Waals surface area contributed by atoms with Crippen LogP contribution in [-0.4, -0.2) is 18.5 Å². The Kier molecular flexibility index (Phi) is 5.65. The van der Waals surface area contributed by atoms with E-state index in [2.05, 4.69) is 30.1 Å². The van der Waals surface area contributed by atoms with Crippen LogP contribution in [0.1, 0.15) is 32.3 Å². The molecule has 0 aliphatic heterocycles. The van der Waals surface area contributed by atoms with Crippen LogP contribution < -0.4 is 0 Å². The normalized spacial score (nSPS) is 11.6. The maximum absolute atomic E-state index is 8.94. The van der Waals surface area contributed by atoms with Crippen molar-refractivity contribution in [3.05, 3.63) is 34.9 Å². The van der Waals surface area contributed by atoms with Crippen LogP contribution in [0.2, 0.25) is 5.02 Å². The first kappa shape index (κ1) is 15.0. The molecule has 0 aliphatic rings. The minimum atomic E-state index is -0.207. The molecule has 0 unspecified atom stereocenters. The zero-order valence-electron chi connectivity index (χ0n) is 11.4. The molecule has 1 aromatic rings. The Balaban J connectivity index is 2.32. The zero-order valence-corrected chi connectivity index (χ0v) is 12.2. The first-order chi connectivity index (χ1) is 8.43. The van der Waals surface area contributed by atoms with Crippen molar-refractivity contribution in [2.24, 2.45) is 5.41 Å². The van der Waals surface area contributed by atoms with Gasteiger partial charge >= 0.3 is 0 Å². The lowest BCUT2D eigenvalue weighted by Gasteiger charge is -2.20. The van der Waals surface area contributed by atoms with Crippen LogP contribution in [0.15, 0.2) is 24.3 Å².